The molecule has 0 radical (unpaired) electrons. The van der Waals surface area contributed by atoms with E-state index < -0.39 is 6.10 Å². The zero-order valence-electron chi connectivity index (χ0n) is 12.5. The minimum absolute atomic E-state index is 0.161. The van der Waals surface area contributed by atoms with Gasteiger partial charge in [0, 0.05) is 32.6 Å². The van der Waals surface area contributed by atoms with Crippen LogP contribution in [0, 0.1) is 5.92 Å². The fraction of sp³-hybridized carbons (Fsp3) is 0.933. The van der Waals surface area contributed by atoms with E-state index in [-0.39, 0.29) is 12.0 Å². The first-order valence-corrected chi connectivity index (χ1v) is 7.88. The van der Waals surface area contributed by atoms with Gasteiger partial charge in [0.1, 0.15) is 0 Å². The highest BCUT2D eigenvalue weighted by Gasteiger charge is 2.26. The Morgan fingerprint density at radius 2 is 2.10 bits per heavy atom. The van der Waals surface area contributed by atoms with E-state index in [0.717, 1.165) is 38.8 Å². The molecule has 20 heavy (non-hydrogen) atoms. The van der Waals surface area contributed by atoms with Gasteiger partial charge >= 0.3 is 0 Å². The lowest BCUT2D eigenvalue weighted by Gasteiger charge is -2.32. The van der Waals surface area contributed by atoms with Crippen LogP contribution in [0.4, 0.5) is 0 Å². The maximum absolute atomic E-state index is 11.5. The van der Waals surface area contributed by atoms with Gasteiger partial charge in [-0.05, 0) is 32.2 Å². The molecule has 2 N–H and O–H groups in total. The van der Waals surface area contributed by atoms with E-state index >= 15 is 0 Å². The first kappa shape index (κ1) is 15.7. The third-order valence-corrected chi connectivity index (χ3v) is 4.54. The Bertz CT molecular complexity index is 324. The second kappa shape index (κ2) is 7.38. The molecule has 1 aliphatic carbocycles. The number of likely N-dealkylation sites (N-methyl/N-ethyl adjacent to an activating group) is 1. The summed E-state index contributed by atoms with van der Waals surface area (Å²) in [6.07, 6.45) is 5.15. The molecule has 0 aromatic heterocycles. The number of likely N-dealkylation sites (tertiary alicyclic amines) is 1. The third-order valence-electron chi connectivity index (χ3n) is 4.54. The molecule has 1 saturated heterocycles. The van der Waals surface area contributed by atoms with E-state index in [9.17, 15) is 15.0 Å². The quantitative estimate of drug-likeness (QED) is 0.743. The van der Waals surface area contributed by atoms with Crippen LogP contribution in [0.5, 0.6) is 0 Å². The van der Waals surface area contributed by atoms with Gasteiger partial charge in [0.05, 0.1) is 12.2 Å². The summed E-state index contributed by atoms with van der Waals surface area (Å²) < 4.78 is 0. The lowest BCUT2D eigenvalue weighted by Crippen LogP contribution is -2.42. The van der Waals surface area contributed by atoms with E-state index in [2.05, 4.69) is 4.90 Å². The number of aliphatic hydroxyl groups is 2. The monoisotopic (exact) mass is 284 g/mol. The van der Waals surface area contributed by atoms with E-state index in [1.165, 1.54) is 6.42 Å². The first-order valence-electron chi connectivity index (χ1n) is 7.88. The van der Waals surface area contributed by atoms with Crippen LogP contribution in [0.15, 0.2) is 0 Å². The highest BCUT2D eigenvalue weighted by atomic mass is 16.3. The third kappa shape index (κ3) is 4.43. The summed E-state index contributed by atoms with van der Waals surface area (Å²) in [5.74, 6) is 0.490. The Morgan fingerprint density at radius 3 is 2.75 bits per heavy atom. The second-order valence-electron chi connectivity index (χ2n) is 6.43. The lowest BCUT2D eigenvalue weighted by molar-refractivity contribution is -0.129. The summed E-state index contributed by atoms with van der Waals surface area (Å²) in [4.78, 5) is 15.4. The Hall–Kier alpha value is -0.650. The number of hydrogen-bond donors (Lipinski definition) is 2. The van der Waals surface area contributed by atoms with Crippen LogP contribution in [0.2, 0.25) is 0 Å². The molecule has 3 unspecified atom stereocenters. The van der Waals surface area contributed by atoms with Crippen molar-refractivity contribution in [3.63, 3.8) is 0 Å². The predicted octanol–water partition coefficient (Wildman–Crippen LogP) is 0.453. The number of β-amino-alcohol motifs (C(OH)–C–C–N with tert-alkyl or cyclic N) is 1. The standard InChI is InChI=1S/C15H28N2O3/c1-16(9-12-5-2-3-6-14(12)19)10-13(18)11-17-8-4-7-15(17)20/h12-14,18-19H,2-11H2,1H3. The molecule has 0 bridgehead atoms. The molecule has 1 amide bonds. The molecule has 0 spiro atoms. The molecule has 1 saturated carbocycles. The van der Waals surface area contributed by atoms with Crippen molar-refractivity contribution in [3.05, 3.63) is 0 Å². The van der Waals surface area contributed by atoms with E-state index in [4.69, 9.17) is 0 Å². The van der Waals surface area contributed by atoms with Crippen molar-refractivity contribution in [2.75, 3.05) is 33.2 Å². The first-order chi connectivity index (χ1) is 9.56. The molecule has 0 aromatic rings. The predicted molar refractivity (Wildman–Crippen MR) is 77.3 cm³/mol. The minimum Gasteiger partial charge on any atom is -0.393 e. The number of carbonyl (C=O) groups excluding carboxylic acids is 1. The summed E-state index contributed by atoms with van der Waals surface area (Å²) in [7, 11) is 1.98. The number of nitrogens with zero attached hydrogens (tertiary/aromatic N) is 2. The molecule has 2 fully saturated rings. The molecule has 2 aliphatic rings. The highest BCUT2D eigenvalue weighted by Crippen LogP contribution is 2.24. The van der Waals surface area contributed by atoms with Crippen LogP contribution in [-0.2, 0) is 4.79 Å². The number of carbonyl (C=O) groups is 1. The van der Waals surface area contributed by atoms with Crippen molar-refractivity contribution in [1.82, 2.24) is 9.80 Å². The van der Waals surface area contributed by atoms with Gasteiger partial charge in [-0.1, -0.05) is 12.8 Å². The summed E-state index contributed by atoms with van der Waals surface area (Å²) in [5.41, 5.74) is 0. The van der Waals surface area contributed by atoms with Gasteiger partial charge in [-0.2, -0.15) is 0 Å². The van der Waals surface area contributed by atoms with E-state index in [0.29, 0.717) is 25.4 Å². The maximum Gasteiger partial charge on any atom is 0.222 e. The molecule has 2 rings (SSSR count). The van der Waals surface area contributed by atoms with Crippen LogP contribution < -0.4 is 0 Å². The highest BCUT2D eigenvalue weighted by molar-refractivity contribution is 5.78. The summed E-state index contributed by atoms with van der Waals surface area (Å²) in [6.45, 7) is 2.61. The number of amides is 1. The average Bonchev–Trinajstić information content (AvgIpc) is 2.77. The number of rotatable bonds is 6. The van der Waals surface area contributed by atoms with Gasteiger partial charge in [-0.25, -0.2) is 0 Å². The number of hydrogen-bond acceptors (Lipinski definition) is 4. The maximum atomic E-state index is 11.5. The van der Waals surface area contributed by atoms with Crippen LogP contribution in [0.1, 0.15) is 38.5 Å². The molecular weight excluding hydrogens is 256 g/mol. The molecule has 1 heterocycles. The van der Waals surface area contributed by atoms with Crippen LogP contribution in [0.3, 0.4) is 0 Å². The molecule has 0 aromatic carbocycles. The molecule has 116 valence electrons. The van der Waals surface area contributed by atoms with Crippen LogP contribution in [0.25, 0.3) is 0 Å². The van der Waals surface area contributed by atoms with Crippen molar-refractivity contribution in [1.29, 1.82) is 0 Å². The molecule has 5 heteroatoms. The van der Waals surface area contributed by atoms with Crippen molar-refractivity contribution in [2.45, 2.75) is 50.7 Å². The van der Waals surface area contributed by atoms with Gasteiger partial charge in [-0.15, -0.1) is 0 Å². The van der Waals surface area contributed by atoms with Crippen molar-refractivity contribution in [2.24, 2.45) is 5.92 Å². The van der Waals surface area contributed by atoms with Crippen molar-refractivity contribution in [3.8, 4) is 0 Å². The summed E-state index contributed by atoms with van der Waals surface area (Å²) in [6, 6.07) is 0. The van der Waals surface area contributed by atoms with Gasteiger partial charge in [0.15, 0.2) is 0 Å². The molecular formula is C15H28N2O3. The fourth-order valence-corrected chi connectivity index (χ4v) is 3.44. The Balaban J connectivity index is 1.70. The summed E-state index contributed by atoms with van der Waals surface area (Å²) >= 11 is 0. The Labute approximate surface area is 121 Å². The van der Waals surface area contributed by atoms with Gasteiger partial charge in [0.25, 0.3) is 0 Å². The SMILES string of the molecule is CN(CC(O)CN1CCCC1=O)CC1CCCCC1O. The zero-order chi connectivity index (χ0) is 14.5. The smallest absolute Gasteiger partial charge is 0.222 e. The van der Waals surface area contributed by atoms with Gasteiger partial charge < -0.3 is 20.0 Å². The van der Waals surface area contributed by atoms with E-state index in [1.807, 2.05) is 7.05 Å². The Kier molecular flexibility index (Phi) is 5.81. The van der Waals surface area contributed by atoms with Gasteiger partial charge in [-0.3, -0.25) is 4.79 Å². The second-order valence-corrected chi connectivity index (χ2v) is 6.43. The van der Waals surface area contributed by atoms with E-state index in [1.54, 1.807) is 4.90 Å². The topological polar surface area (TPSA) is 64.0 Å². The Morgan fingerprint density at radius 1 is 1.35 bits per heavy atom. The van der Waals surface area contributed by atoms with Crippen LogP contribution >= 0.6 is 0 Å². The molecule has 1 aliphatic heterocycles. The number of aliphatic hydroxyl groups excluding tert-OH is 2. The zero-order valence-corrected chi connectivity index (χ0v) is 12.5. The van der Waals surface area contributed by atoms with Gasteiger partial charge in [0.2, 0.25) is 5.91 Å². The molecule has 5 nitrogen and oxygen atoms in total. The van der Waals surface area contributed by atoms with Crippen molar-refractivity contribution < 1.29 is 15.0 Å². The lowest BCUT2D eigenvalue weighted by atomic mass is 9.86. The average molecular weight is 284 g/mol. The fourth-order valence-electron chi connectivity index (χ4n) is 3.44. The largest absolute Gasteiger partial charge is 0.393 e. The summed E-state index contributed by atoms with van der Waals surface area (Å²) in [5, 5.41) is 20.1. The minimum atomic E-state index is -0.497. The molecule has 3 atom stereocenters. The van der Waals surface area contributed by atoms with Crippen LogP contribution in [-0.4, -0.2) is 71.4 Å². The normalized spacial score (nSPS) is 29.2. The van der Waals surface area contributed by atoms with Crippen molar-refractivity contribution >= 4 is 5.91 Å².